The molecule has 0 spiro atoms. The number of rotatable bonds is 6. The topological polar surface area (TPSA) is 38.9 Å². The lowest BCUT2D eigenvalue weighted by molar-refractivity contribution is 0.380. The first-order valence-electron chi connectivity index (χ1n) is 7.41. The van der Waals surface area contributed by atoms with Crippen LogP contribution in [0.25, 0.3) is 0 Å². The average Bonchev–Trinajstić information content (AvgIpc) is 2.49. The van der Waals surface area contributed by atoms with Crippen molar-refractivity contribution in [3.63, 3.8) is 0 Å². The van der Waals surface area contributed by atoms with Crippen LogP contribution in [0.1, 0.15) is 37.3 Å². The van der Waals surface area contributed by atoms with Crippen molar-refractivity contribution in [1.82, 2.24) is 4.98 Å². The monoisotopic (exact) mass is 268 g/mol. The summed E-state index contributed by atoms with van der Waals surface area (Å²) in [6, 6.07) is 14.9. The number of pyridine rings is 1. The van der Waals surface area contributed by atoms with Gasteiger partial charge in [-0.25, -0.2) is 0 Å². The summed E-state index contributed by atoms with van der Waals surface area (Å²) >= 11 is 0. The number of aromatic nitrogens is 1. The summed E-state index contributed by atoms with van der Waals surface area (Å²) < 4.78 is 0. The Kier molecular flexibility index (Phi) is 5.31. The van der Waals surface area contributed by atoms with Crippen LogP contribution >= 0.6 is 0 Å². The molecular formula is C18H24N2. The van der Waals surface area contributed by atoms with Crippen LogP contribution in [0.15, 0.2) is 54.9 Å². The summed E-state index contributed by atoms with van der Waals surface area (Å²) in [5.74, 6) is 0.976. The van der Waals surface area contributed by atoms with Gasteiger partial charge in [-0.3, -0.25) is 4.98 Å². The normalized spacial score (nSPS) is 15.6. The van der Waals surface area contributed by atoms with Gasteiger partial charge in [-0.1, -0.05) is 50.6 Å². The Morgan fingerprint density at radius 1 is 1.05 bits per heavy atom. The largest absolute Gasteiger partial charge is 0.327 e. The number of hydrogen-bond donors (Lipinski definition) is 1. The van der Waals surface area contributed by atoms with Gasteiger partial charge in [0.15, 0.2) is 0 Å². The number of nitrogens with zero attached hydrogens (tertiary/aromatic N) is 1. The summed E-state index contributed by atoms with van der Waals surface area (Å²) in [6.45, 7) is 4.53. The minimum absolute atomic E-state index is 0.134. The molecule has 1 heterocycles. The van der Waals surface area contributed by atoms with E-state index in [2.05, 4.69) is 61.3 Å². The zero-order chi connectivity index (χ0) is 14.4. The van der Waals surface area contributed by atoms with Crippen LogP contribution in [0.2, 0.25) is 0 Å². The first-order chi connectivity index (χ1) is 9.72. The van der Waals surface area contributed by atoms with E-state index < -0.39 is 0 Å². The van der Waals surface area contributed by atoms with Crippen LogP contribution in [0.4, 0.5) is 0 Å². The van der Waals surface area contributed by atoms with Crippen LogP contribution in [-0.4, -0.2) is 11.0 Å². The zero-order valence-electron chi connectivity index (χ0n) is 12.4. The molecule has 0 amide bonds. The van der Waals surface area contributed by atoms with Gasteiger partial charge in [0.1, 0.15) is 0 Å². The first-order valence-corrected chi connectivity index (χ1v) is 7.41. The Hall–Kier alpha value is -1.67. The molecule has 2 rings (SSSR count). The van der Waals surface area contributed by atoms with Crippen molar-refractivity contribution in [1.29, 1.82) is 0 Å². The van der Waals surface area contributed by atoms with E-state index in [-0.39, 0.29) is 6.04 Å². The average molecular weight is 268 g/mol. The molecule has 106 valence electrons. The summed E-state index contributed by atoms with van der Waals surface area (Å²) in [7, 11) is 0. The first kappa shape index (κ1) is 14.7. The van der Waals surface area contributed by atoms with Gasteiger partial charge >= 0.3 is 0 Å². The van der Waals surface area contributed by atoms with Gasteiger partial charge in [0.05, 0.1) is 0 Å². The maximum Gasteiger partial charge on any atom is 0.0270 e. The van der Waals surface area contributed by atoms with E-state index in [1.807, 2.05) is 12.4 Å². The van der Waals surface area contributed by atoms with Gasteiger partial charge in [0, 0.05) is 24.4 Å². The molecule has 0 aliphatic heterocycles. The molecular weight excluding hydrogens is 244 g/mol. The molecule has 3 unspecified atom stereocenters. The van der Waals surface area contributed by atoms with E-state index in [0.717, 1.165) is 12.8 Å². The quantitative estimate of drug-likeness (QED) is 0.866. The van der Waals surface area contributed by atoms with E-state index >= 15 is 0 Å². The number of benzene rings is 1. The molecule has 0 radical (unpaired) electrons. The highest BCUT2D eigenvalue weighted by Gasteiger charge is 2.24. The highest BCUT2D eigenvalue weighted by atomic mass is 14.7. The summed E-state index contributed by atoms with van der Waals surface area (Å²) in [5, 5.41) is 0. The molecule has 0 aliphatic carbocycles. The Morgan fingerprint density at radius 2 is 1.70 bits per heavy atom. The highest BCUT2D eigenvalue weighted by Crippen LogP contribution is 2.30. The van der Waals surface area contributed by atoms with Crippen LogP contribution < -0.4 is 5.73 Å². The van der Waals surface area contributed by atoms with Crippen molar-refractivity contribution < 1.29 is 0 Å². The van der Waals surface area contributed by atoms with Gasteiger partial charge < -0.3 is 5.73 Å². The molecule has 2 N–H and O–H groups in total. The van der Waals surface area contributed by atoms with E-state index in [1.165, 1.54) is 11.1 Å². The second-order valence-corrected chi connectivity index (χ2v) is 5.55. The van der Waals surface area contributed by atoms with E-state index in [4.69, 9.17) is 5.73 Å². The van der Waals surface area contributed by atoms with Crippen LogP contribution in [-0.2, 0) is 6.42 Å². The fourth-order valence-electron chi connectivity index (χ4n) is 2.84. The molecule has 20 heavy (non-hydrogen) atoms. The smallest absolute Gasteiger partial charge is 0.0270 e. The molecule has 2 aromatic rings. The number of nitrogens with two attached hydrogens (primary N) is 1. The maximum absolute atomic E-state index is 6.54. The molecule has 0 aliphatic rings. The van der Waals surface area contributed by atoms with Crippen molar-refractivity contribution in [2.45, 2.75) is 38.6 Å². The number of hydrogen-bond acceptors (Lipinski definition) is 2. The van der Waals surface area contributed by atoms with Gasteiger partial charge in [-0.15, -0.1) is 0 Å². The third-order valence-corrected chi connectivity index (χ3v) is 4.12. The van der Waals surface area contributed by atoms with Crippen LogP contribution in [0.5, 0.6) is 0 Å². The Balaban J connectivity index is 2.19. The Morgan fingerprint density at radius 3 is 2.30 bits per heavy atom. The van der Waals surface area contributed by atoms with Crippen molar-refractivity contribution in [3.05, 3.63) is 66.0 Å². The van der Waals surface area contributed by atoms with Gasteiger partial charge in [0.2, 0.25) is 0 Å². The fraction of sp³-hybridized carbons (Fsp3) is 0.389. The minimum atomic E-state index is 0.134. The van der Waals surface area contributed by atoms with Crippen molar-refractivity contribution in [2.75, 3.05) is 0 Å². The molecule has 0 saturated carbocycles. The molecule has 1 aromatic carbocycles. The maximum atomic E-state index is 6.54. The minimum Gasteiger partial charge on any atom is -0.327 e. The van der Waals surface area contributed by atoms with E-state index in [9.17, 15) is 0 Å². The van der Waals surface area contributed by atoms with E-state index in [1.54, 1.807) is 0 Å². The molecule has 0 saturated heterocycles. The lowest BCUT2D eigenvalue weighted by Gasteiger charge is -2.29. The van der Waals surface area contributed by atoms with Crippen molar-refractivity contribution in [3.8, 4) is 0 Å². The van der Waals surface area contributed by atoms with Gasteiger partial charge in [-0.05, 0) is 35.6 Å². The predicted octanol–water partition coefficient (Wildman–Crippen LogP) is 3.78. The second kappa shape index (κ2) is 7.20. The highest BCUT2D eigenvalue weighted by molar-refractivity contribution is 5.23. The van der Waals surface area contributed by atoms with Crippen molar-refractivity contribution >= 4 is 0 Å². The summed E-state index contributed by atoms with van der Waals surface area (Å²) in [6.07, 6.45) is 5.71. The lowest BCUT2D eigenvalue weighted by atomic mass is 9.78. The molecule has 0 fully saturated rings. The molecule has 0 bridgehead atoms. The Labute approximate surface area is 122 Å². The molecule has 1 aromatic heterocycles. The third kappa shape index (κ3) is 3.67. The Bertz CT molecular complexity index is 495. The SMILES string of the molecule is CCC(C)C(c1ccccc1)C(N)Cc1ccncc1. The summed E-state index contributed by atoms with van der Waals surface area (Å²) in [5.41, 5.74) is 9.15. The molecule has 2 heteroatoms. The lowest BCUT2D eigenvalue weighted by Crippen LogP contribution is -2.34. The molecule has 3 atom stereocenters. The standard InChI is InChI=1S/C18H24N2/c1-3-14(2)18(16-7-5-4-6-8-16)17(19)13-15-9-11-20-12-10-15/h4-12,14,17-18H,3,13,19H2,1-2H3. The van der Waals surface area contributed by atoms with Crippen molar-refractivity contribution in [2.24, 2.45) is 11.7 Å². The van der Waals surface area contributed by atoms with Crippen LogP contribution in [0, 0.1) is 5.92 Å². The van der Waals surface area contributed by atoms with Crippen LogP contribution in [0.3, 0.4) is 0 Å². The second-order valence-electron chi connectivity index (χ2n) is 5.55. The summed E-state index contributed by atoms with van der Waals surface area (Å²) in [4.78, 5) is 4.07. The van der Waals surface area contributed by atoms with Gasteiger partial charge in [0.25, 0.3) is 0 Å². The van der Waals surface area contributed by atoms with Gasteiger partial charge in [-0.2, -0.15) is 0 Å². The fourth-order valence-corrected chi connectivity index (χ4v) is 2.84. The molecule has 2 nitrogen and oxygen atoms in total. The third-order valence-electron chi connectivity index (χ3n) is 4.12. The van der Waals surface area contributed by atoms with E-state index in [0.29, 0.717) is 11.8 Å². The zero-order valence-corrected chi connectivity index (χ0v) is 12.4. The predicted molar refractivity (Wildman–Crippen MR) is 84.6 cm³/mol.